The predicted molar refractivity (Wildman–Crippen MR) is 65.3 cm³/mol. The minimum absolute atomic E-state index is 0.0934. The fraction of sp³-hybridized carbons (Fsp3) is 0.400. The van der Waals surface area contributed by atoms with E-state index in [2.05, 4.69) is 4.72 Å². The fourth-order valence-corrected chi connectivity index (χ4v) is 2.90. The Morgan fingerprint density at radius 2 is 1.95 bits per heavy atom. The first-order valence-electron chi connectivity index (χ1n) is 5.25. The number of nitrogens with two attached hydrogens (primary N) is 1. The van der Waals surface area contributed by atoms with Gasteiger partial charge in [0.1, 0.15) is 4.90 Å². The quantitative estimate of drug-likeness (QED) is 0.816. The van der Waals surface area contributed by atoms with Gasteiger partial charge in [-0.15, -0.1) is 0 Å². The third-order valence-corrected chi connectivity index (χ3v) is 4.17. The van der Waals surface area contributed by atoms with E-state index in [1.165, 1.54) is 0 Å². The van der Waals surface area contributed by atoms with Crippen molar-refractivity contribution in [3.63, 3.8) is 0 Å². The van der Waals surface area contributed by atoms with Crippen LogP contribution in [0, 0.1) is 0 Å². The van der Waals surface area contributed by atoms with Crippen LogP contribution < -0.4 is 10.5 Å². The molecule has 1 aromatic rings. The standard InChI is InChI=1S/C10H12ClF3N2O2S/c11-8-6-7(10(12,13)14)2-3-9(8)19(17,18)16-5-1-4-15/h2-3,6,16H,1,4-5,15H2. The number of sulfonamides is 1. The largest absolute Gasteiger partial charge is 0.416 e. The summed E-state index contributed by atoms with van der Waals surface area (Å²) in [6.45, 7) is 0.388. The molecule has 0 atom stereocenters. The predicted octanol–water partition coefficient (Wildman–Crippen LogP) is 1.99. The van der Waals surface area contributed by atoms with Crippen molar-refractivity contribution in [2.24, 2.45) is 5.73 Å². The monoisotopic (exact) mass is 316 g/mol. The Labute approximate surface area is 113 Å². The van der Waals surface area contributed by atoms with E-state index >= 15 is 0 Å². The van der Waals surface area contributed by atoms with E-state index in [0.717, 1.165) is 6.07 Å². The van der Waals surface area contributed by atoms with Crippen molar-refractivity contribution in [2.45, 2.75) is 17.5 Å². The number of alkyl halides is 3. The number of benzene rings is 1. The van der Waals surface area contributed by atoms with E-state index in [9.17, 15) is 21.6 Å². The Bertz CT molecular complexity index is 546. The lowest BCUT2D eigenvalue weighted by atomic mass is 10.2. The Hall–Kier alpha value is -0.830. The van der Waals surface area contributed by atoms with Gasteiger partial charge in [0.15, 0.2) is 0 Å². The highest BCUT2D eigenvalue weighted by Crippen LogP contribution is 2.33. The van der Waals surface area contributed by atoms with Crippen molar-refractivity contribution in [2.75, 3.05) is 13.1 Å². The smallest absolute Gasteiger partial charge is 0.330 e. The van der Waals surface area contributed by atoms with E-state index in [4.69, 9.17) is 17.3 Å². The Balaban J connectivity index is 3.03. The van der Waals surface area contributed by atoms with E-state index in [0.29, 0.717) is 25.1 Å². The summed E-state index contributed by atoms with van der Waals surface area (Å²) in [7, 11) is -3.93. The average molecular weight is 317 g/mol. The summed E-state index contributed by atoms with van der Waals surface area (Å²) in [4.78, 5) is -0.390. The molecular weight excluding hydrogens is 305 g/mol. The first-order valence-corrected chi connectivity index (χ1v) is 7.11. The van der Waals surface area contributed by atoms with Crippen LogP contribution in [0.25, 0.3) is 0 Å². The molecule has 0 spiro atoms. The highest BCUT2D eigenvalue weighted by Gasteiger charge is 2.32. The van der Waals surface area contributed by atoms with Crippen LogP contribution >= 0.6 is 11.6 Å². The molecule has 3 N–H and O–H groups in total. The maximum Gasteiger partial charge on any atom is 0.416 e. The lowest BCUT2D eigenvalue weighted by Crippen LogP contribution is -2.26. The van der Waals surface area contributed by atoms with Gasteiger partial charge in [0.2, 0.25) is 10.0 Å². The van der Waals surface area contributed by atoms with Gasteiger partial charge in [-0.3, -0.25) is 0 Å². The summed E-state index contributed by atoms with van der Waals surface area (Å²) in [6, 6.07) is 2.08. The lowest BCUT2D eigenvalue weighted by molar-refractivity contribution is -0.137. The van der Waals surface area contributed by atoms with Crippen LogP contribution in [0.3, 0.4) is 0 Å². The molecule has 0 aromatic heterocycles. The molecule has 4 nitrogen and oxygen atoms in total. The lowest BCUT2D eigenvalue weighted by Gasteiger charge is -2.11. The van der Waals surface area contributed by atoms with Gasteiger partial charge in [-0.2, -0.15) is 13.2 Å². The summed E-state index contributed by atoms with van der Waals surface area (Å²) in [6.07, 6.45) is -4.16. The van der Waals surface area contributed by atoms with E-state index in [1.807, 2.05) is 0 Å². The summed E-state index contributed by atoms with van der Waals surface area (Å²) in [5.41, 5.74) is 4.21. The third-order valence-electron chi connectivity index (χ3n) is 2.22. The molecule has 0 aliphatic carbocycles. The van der Waals surface area contributed by atoms with Crippen molar-refractivity contribution in [3.05, 3.63) is 28.8 Å². The number of nitrogens with one attached hydrogen (secondary N) is 1. The van der Waals surface area contributed by atoms with E-state index in [1.54, 1.807) is 0 Å². The molecule has 0 saturated heterocycles. The van der Waals surface area contributed by atoms with Gasteiger partial charge in [0.05, 0.1) is 10.6 Å². The van der Waals surface area contributed by atoms with Crippen LogP contribution in [0.2, 0.25) is 5.02 Å². The molecule has 0 unspecified atom stereocenters. The summed E-state index contributed by atoms with van der Waals surface area (Å²) < 4.78 is 63.0. The Morgan fingerprint density at radius 1 is 1.32 bits per heavy atom. The molecule has 108 valence electrons. The first-order chi connectivity index (χ1) is 8.68. The maximum absolute atomic E-state index is 12.4. The normalized spacial score (nSPS) is 12.7. The van der Waals surface area contributed by atoms with Crippen molar-refractivity contribution >= 4 is 21.6 Å². The highest BCUT2D eigenvalue weighted by atomic mass is 35.5. The zero-order valence-electron chi connectivity index (χ0n) is 9.67. The molecule has 0 aliphatic rings. The molecule has 0 saturated carbocycles. The summed E-state index contributed by atoms with van der Waals surface area (Å²) in [5.74, 6) is 0. The van der Waals surface area contributed by atoms with Crippen molar-refractivity contribution < 1.29 is 21.6 Å². The van der Waals surface area contributed by atoms with Crippen LogP contribution in [-0.4, -0.2) is 21.5 Å². The Kier molecular flexibility index (Phi) is 5.19. The molecule has 9 heteroatoms. The second kappa shape index (κ2) is 6.08. The van der Waals surface area contributed by atoms with Crippen LogP contribution in [0.15, 0.2) is 23.1 Å². The summed E-state index contributed by atoms with van der Waals surface area (Å²) >= 11 is 5.59. The van der Waals surface area contributed by atoms with Gasteiger partial charge in [0, 0.05) is 6.54 Å². The second-order valence-corrected chi connectivity index (χ2v) is 5.83. The summed E-state index contributed by atoms with van der Waals surface area (Å²) in [5, 5.41) is -0.477. The van der Waals surface area contributed by atoms with Gasteiger partial charge in [0.25, 0.3) is 0 Å². The molecule has 0 fully saturated rings. The van der Waals surface area contributed by atoms with E-state index in [-0.39, 0.29) is 11.4 Å². The molecule has 1 aromatic carbocycles. The van der Waals surface area contributed by atoms with Crippen LogP contribution in [-0.2, 0) is 16.2 Å². The van der Waals surface area contributed by atoms with Gasteiger partial charge in [-0.25, -0.2) is 13.1 Å². The zero-order chi connectivity index (χ0) is 14.7. The van der Waals surface area contributed by atoms with Crippen molar-refractivity contribution in [1.29, 1.82) is 0 Å². The maximum atomic E-state index is 12.4. The highest BCUT2D eigenvalue weighted by molar-refractivity contribution is 7.89. The number of rotatable bonds is 5. The fourth-order valence-electron chi connectivity index (χ4n) is 1.28. The molecule has 1 rings (SSSR count). The van der Waals surface area contributed by atoms with Gasteiger partial charge < -0.3 is 5.73 Å². The number of hydrogen-bond donors (Lipinski definition) is 2. The van der Waals surface area contributed by atoms with Crippen LogP contribution in [0.4, 0.5) is 13.2 Å². The van der Waals surface area contributed by atoms with E-state index < -0.39 is 26.8 Å². The average Bonchev–Trinajstić information content (AvgIpc) is 2.27. The van der Waals surface area contributed by atoms with Crippen molar-refractivity contribution in [1.82, 2.24) is 4.72 Å². The zero-order valence-corrected chi connectivity index (χ0v) is 11.2. The minimum Gasteiger partial charge on any atom is -0.330 e. The molecule has 0 heterocycles. The topological polar surface area (TPSA) is 72.2 Å². The van der Waals surface area contributed by atoms with Gasteiger partial charge in [-0.1, -0.05) is 11.6 Å². The second-order valence-electron chi connectivity index (χ2n) is 3.68. The van der Waals surface area contributed by atoms with Crippen LogP contribution in [0.1, 0.15) is 12.0 Å². The molecule has 19 heavy (non-hydrogen) atoms. The van der Waals surface area contributed by atoms with Crippen LogP contribution in [0.5, 0.6) is 0 Å². The third kappa shape index (κ3) is 4.34. The SMILES string of the molecule is NCCCNS(=O)(=O)c1ccc(C(F)(F)F)cc1Cl. The minimum atomic E-state index is -4.57. The molecule has 0 radical (unpaired) electrons. The first kappa shape index (κ1) is 16.2. The number of hydrogen-bond acceptors (Lipinski definition) is 3. The molecular formula is C10H12ClF3N2O2S. The molecule has 0 bridgehead atoms. The van der Waals surface area contributed by atoms with Gasteiger partial charge in [-0.05, 0) is 31.2 Å². The number of halogens is 4. The Morgan fingerprint density at radius 3 is 2.42 bits per heavy atom. The van der Waals surface area contributed by atoms with Crippen molar-refractivity contribution in [3.8, 4) is 0 Å². The molecule has 0 aliphatic heterocycles. The molecule has 0 amide bonds. The van der Waals surface area contributed by atoms with Gasteiger partial charge >= 0.3 is 6.18 Å².